The molecular weight excluding hydrogens is 296 g/mol. The minimum absolute atomic E-state index is 0.0619. The summed E-state index contributed by atoms with van der Waals surface area (Å²) in [5, 5.41) is 0. The van der Waals surface area contributed by atoms with Crippen LogP contribution in [0.2, 0.25) is 0 Å². The van der Waals surface area contributed by atoms with Crippen molar-refractivity contribution in [3.63, 3.8) is 0 Å². The van der Waals surface area contributed by atoms with E-state index >= 15 is 0 Å². The van der Waals surface area contributed by atoms with Crippen molar-refractivity contribution in [2.75, 3.05) is 0 Å². The summed E-state index contributed by atoms with van der Waals surface area (Å²) < 4.78 is 12.0. The predicted molar refractivity (Wildman–Crippen MR) is 74.7 cm³/mol. The average Bonchev–Trinajstić information content (AvgIpc) is 2.27. The van der Waals surface area contributed by atoms with Gasteiger partial charge in [-0.05, 0) is 39.8 Å². The molecule has 0 N–H and O–H groups in total. The van der Waals surface area contributed by atoms with E-state index in [0.717, 1.165) is 4.47 Å². The van der Waals surface area contributed by atoms with Gasteiger partial charge in [-0.25, -0.2) is 0 Å². The van der Waals surface area contributed by atoms with Gasteiger partial charge in [0.2, 0.25) is 12.1 Å². The van der Waals surface area contributed by atoms with Crippen LogP contribution >= 0.6 is 15.9 Å². The van der Waals surface area contributed by atoms with E-state index in [9.17, 15) is 4.79 Å². The van der Waals surface area contributed by atoms with Crippen molar-refractivity contribution in [2.45, 2.75) is 46.2 Å². The second-order valence-electron chi connectivity index (χ2n) is 4.57. The van der Waals surface area contributed by atoms with E-state index in [2.05, 4.69) is 15.9 Å². The summed E-state index contributed by atoms with van der Waals surface area (Å²) in [6.45, 7) is 7.52. The number of halogens is 1. The van der Waals surface area contributed by atoms with Gasteiger partial charge in [-0.3, -0.25) is 4.79 Å². The maximum atomic E-state index is 12.3. The highest BCUT2D eigenvalue weighted by atomic mass is 79.9. The molecule has 1 aromatic rings. The lowest BCUT2D eigenvalue weighted by molar-refractivity contribution is -0.152. The minimum Gasteiger partial charge on any atom is -0.343 e. The summed E-state index contributed by atoms with van der Waals surface area (Å²) in [4.78, 5) is 12.3. The first-order chi connectivity index (χ1) is 8.40. The Hall–Kier alpha value is -0.710. The van der Waals surface area contributed by atoms with Crippen LogP contribution in [0.1, 0.15) is 38.1 Å². The molecule has 0 bridgehead atoms. The first-order valence-electron chi connectivity index (χ1n) is 6.01. The summed E-state index contributed by atoms with van der Waals surface area (Å²) in [6, 6.07) is 7.17. The maximum absolute atomic E-state index is 12.3. The van der Waals surface area contributed by atoms with Crippen molar-refractivity contribution in [1.29, 1.82) is 0 Å². The molecule has 0 aliphatic rings. The molecule has 100 valence electrons. The Kier molecular flexibility index (Phi) is 5.99. The maximum Gasteiger partial charge on any atom is 0.223 e. The summed E-state index contributed by atoms with van der Waals surface area (Å²) in [5.41, 5.74) is 0.588. The topological polar surface area (TPSA) is 35.5 Å². The third-order valence-electron chi connectivity index (χ3n) is 2.13. The predicted octanol–water partition coefficient (Wildman–Crippen LogP) is 3.81. The van der Waals surface area contributed by atoms with Gasteiger partial charge in [0.1, 0.15) is 0 Å². The number of carbonyl (C=O) groups is 1. The van der Waals surface area contributed by atoms with Gasteiger partial charge in [-0.1, -0.05) is 28.1 Å². The number of Topliss-reactive ketones (excluding diaryl/α,β-unsaturated/α-hetero) is 1. The molecule has 3 nitrogen and oxygen atoms in total. The highest BCUT2D eigenvalue weighted by molar-refractivity contribution is 9.10. The third-order valence-corrected chi connectivity index (χ3v) is 2.66. The Balaban J connectivity index is 2.83. The summed E-state index contributed by atoms with van der Waals surface area (Å²) in [5.74, 6) is -0.148. The fourth-order valence-corrected chi connectivity index (χ4v) is 1.66. The molecule has 0 amide bonds. The lowest BCUT2D eigenvalue weighted by Gasteiger charge is -2.21. The van der Waals surface area contributed by atoms with Crippen LogP contribution < -0.4 is 0 Å². The Morgan fingerprint density at radius 1 is 1.00 bits per heavy atom. The fraction of sp³-hybridized carbons (Fsp3) is 0.500. The molecule has 0 radical (unpaired) electrons. The van der Waals surface area contributed by atoms with Crippen molar-refractivity contribution in [3.05, 3.63) is 34.3 Å². The van der Waals surface area contributed by atoms with Crippen LogP contribution in [0.3, 0.4) is 0 Å². The molecule has 4 heteroatoms. The molecule has 0 spiro atoms. The number of ketones is 1. The average molecular weight is 315 g/mol. The van der Waals surface area contributed by atoms with Crippen LogP contribution in [-0.4, -0.2) is 24.3 Å². The molecule has 1 rings (SSSR count). The van der Waals surface area contributed by atoms with Crippen molar-refractivity contribution < 1.29 is 14.3 Å². The van der Waals surface area contributed by atoms with Crippen LogP contribution in [0.4, 0.5) is 0 Å². The van der Waals surface area contributed by atoms with Gasteiger partial charge in [-0.15, -0.1) is 0 Å². The van der Waals surface area contributed by atoms with E-state index < -0.39 is 6.29 Å². The van der Waals surface area contributed by atoms with Crippen molar-refractivity contribution in [2.24, 2.45) is 0 Å². The second kappa shape index (κ2) is 7.02. The molecule has 0 saturated carbocycles. The summed E-state index contributed by atoms with van der Waals surface area (Å²) in [6.07, 6.45) is -0.965. The Labute approximate surface area is 117 Å². The Morgan fingerprint density at radius 3 is 1.83 bits per heavy atom. The molecular formula is C14H19BrO3. The van der Waals surface area contributed by atoms with Gasteiger partial charge in [0, 0.05) is 10.0 Å². The first-order valence-corrected chi connectivity index (χ1v) is 6.80. The summed E-state index contributed by atoms with van der Waals surface area (Å²) >= 11 is 3.34. The van der Waals surface area contributed by atoms with Crippen molar-refractivity contribution in [1.82, 2.24) is 0 Å². The minimum atomic E-state index is -0.842. The van der Waals surface area contributed by atoms with E-state index in [-0.39, 0.29) is 18.0 Å². The van der Waals surface area contributed by atoms with Gasteiger partial charge in [-0.2, -0.15) is 0 Å². The number of carbonyl (C=O) groups excluding carboxylic acids is 1. The second-order valence-corrected chi connectivity index (χ2v) is 5.49. The van der Waals surface area contributed by atoms with Crippen molar-refractivity contribution in [3.8, 4) is 0 Å². The fourth-order valence-electron chi connectivity index (χ4n) is 1.40. The molecule has 0 aliphatic heterocycles. The Bertz CT molecular complexity index is 375. The van der Waals surface area contributed by atoms with Gasteiger partial charge in [0.05, 0.1) is 12.2 Å². The molecule has 0 aliphatic carbocycles. The lowest BCUT2D eigenvalue weighted by atomic mass is 10.1. The largest absolute Gasteiger partial charge is 0.343 e. The molecule has 0 aromatic heterocycles. The van der Waals surface area contributed by atoms with Crippen LogP contribution in [0.25, 0.3) is 0 Å². The summed E-state index contributed by atoms with van der Waals surface area (Å²) in [7, 11) is 0. The number of hydrogen-bond acceptors (Lipinski definition) is 3. The molecule has 0 saturated heterocycles. The van der Waals surface area contributed by atoms with Gasteiger partial charge in [0.15, 0.2) is 0 Å². The van der Waals surface area contributed by atoms with Gasteiger partial charge >= 0.3 is 0 Å². The van der Waals surface area contributed by atoms with E-state index in [0.29, 0.717) is 5.56 Å². The number of hydrogen-bond donors (Lipinski definition) is 0. The van der Waals surface area contributed by atoms with Crippen LogP contribution in [-0.2, 0) is 9.47 Å². The molecule has 0 fully saturated rings. The van der Waals surface area contributed by atoms with Crippen LogP contribution in [0.15, 0.2) is 28.7 Å². The molecule has 0 unspecified atom stereocenters. The quantitative estimate of drug-likeness (QED) is 0.591. The van der Waals surface area contributed by atoms with E-state index in [1.54, 1.807) is 12.1 Å². The van der Waals surface area contributed by atoms with Crippen LogP contribution in [0, 0.1) is 0 Å². The van der Waals surface area contributed by atoms with Gasteiger partial charge < -0.3 is 9.47 Å². The number of benzene rings is 1. The molecule has 18 heavy (non-hydrogen) atoms. The molecule has 1 aromatic carbocycles. The highest BCUT2D eigenvalue weighted by Crippen LogP contribution is 2.15. The van der Waals surface area contributed by atoms with E-state index in [1.165, 1.54) is 0 Å². The Morgan fingerprint density at radius 2 is 1.44 bits per heavy atom. The van der Waals surface area contributed by atoms with Crippen molar-refractivity contribution >= 4 is 21.7 Å². The first kappa shape index (κ1) is 15.3. The highest BCUT2D eigenvalue weighted by Gasteiger charge is 2.23. The number of ether oxygens (including phenoxy) is 2. The molecule has 0 atom stereocenters. The van der Waals surface area contributed by atoms with E-state index in [1.807, 2.05) is 39.8 Å². The third kappa shape index (κ3) is 4.88. The molecule has 0 heterocycles. The van der Waals surface area contributed by atoms with E-state index in [4.69, 9.17) is 9.47 Å². The normalized spacial score (nSPS) is 11.6. The standard InChI is InChI=1S/C14H19BrO3/c1-9(2)17-14(18-10(3)4)13(16)11-5-7-12(15)8-6-11/h5-10,14H,1-4H3. The lowest BCUT2D eigenvalue weighted by Crippen LogP contribution is -2.32. The zero-order chi connectivity index (χ0) is 13.7. The smallest absolute Gasteiger partial charge is 0.223 e. The van der Waals surface area contributed by atoms with Gasteiger partial charge in [0.25, 0.3) is 0 Å². The zero-order valence-electron chi connectivity index (χ0n) is 11.1. The zero-order valence-corrected chi connectivity index (χ0v) is 12.7. The van der Waals surface area contributed by atoms with Crippen LogP contribution in [0.5, 0.6) is 0 Å². The SMILES string of the molecule is CC(C)OC(OC(C)C)C(=O)c1ccc(Br)cc1. The monoisotopic (exact) mass is 314 g/mol. The number of rotatable bonds is 6.